The summed E-state index contributed by atoms with van der Waals surface area (Å²) >= 11 is 7.57. The van der Waals surface area contributed by atoms with Crippen LogP contribution < -0.4 is 5.56 Å². The highest BCUT2D eigenvalue weighted by Gasteiger charge is 2.17. The van der Waals surface area contributed by atoms with E-state index in [1.807, 2.05) is 55.5 Å². The van der Waals surface area contributed by atoms with Gasteiger partial charge in [0, 0.05) is 6.20 Å². The predicted octanol–water partition coefficient (Wildman–Crippen LogP) is 5.08. The van der Waals surface area contributed by atoms with Crippen molar-refractivity contribution in [2.24, 2.45) is 0 Å². The van der Waals surface area contributed by atoms with Crippen molar-refractivity contribution in [2.75, 3.05) is 0 Å². The fourth-order valence-electron chi connectivity index (χ4n) is 3.29. The Labute approximate surface area is 192 Å². The second kappa shape index (κ2) is 8.57. The summed E-state index contributed by atoms with van der Waals surface area (Å²) in [5.74, 6) is 1.71. The zero-order chi connectivity index (χ0) is 22.1. The molecule has 9 heteroatoms. The molecule has 3 heterocycles. The summed E-state index contributed by atoms with van der Waals surface area (Å²) in [5.41, 5.74) is 1.98. The van der Waals surface area contributed by atoms with Gasteiger partial charge in [0.15, 0.2) is 11.0 Å². The van der Waals surface area contributed by atoms with Crippen molar-refractivity contribution >= 4 is 34.3 Å². The molecular formula is C23H16ClN5O2S. The van der Waals surface area contributed by atoms with Crippen LogP contribution in [0.5, 0.6) is 0 Å². The minimum Gasteiger partial charge on any atom is -0.334 e. The van der Waals surface area contributed by atoms with Gasteiger partial charge in [-0.15, -0.1) is 0 Å². The number of aromatic nitrogens is 5. The largest absolute Gasteiger partial charge is 0.334 e. The smallest absolute Gasteiger partial charge is 0.267 e. The average Bonchev–Trinajstić information content (AvgIpc) is 3.28. The Hall–Kier alpha value is -3.49. The molecule has 7 nitrogen and oxygen atoms in total. The molecule has 0 unspecified atom stereocenters. The van der Waals surface area contributed by atoms with Gasteiger partial charge in [0.2, 0.25) is 0 Å². The van der Waals surface area contributed by atoms with Crippen molar-refractivity contribution in [3.05, 3.63) is 93.6 Å². The van der Waals surface area contributed by atoms with Gasteiger partial charge in [-0.05, 0) is 42.8 Å². The van der Waals surface area contributed by atoms with Crippen LogP contribution in [0.1, 0.15) is 11.4 Å². The van der Waals surface area contributed by atoms with Crippen molar-refractivity contribution in [3.8, 4) is 17.3 Å². The molecule has 158 valence electrons. The third kappa shape index (κ3) is 3.79. The Kier molecular flexibility index (Phi) is 5.46. The van der Waals surface area contributed by atoms with E-state index >= 15 is 0 Å². The quantitative estimate of drug-likeness (QED) is 0.266. The van der Waals surface area contributed by atoms with Crippen molar-refractivity contribution in [1.29, 1.82) is 0 Å². The molecule has 0 aliphatic rings. The number of thioether (sulfide) groups is 1. The summed E-state index contributed by atoms with van der Waals surface area (Å²) in [7, 11) is 0. The number of benzene rings is 2. The first-order chi connectivity index (χ1) is 15.6. The molecule has 0 saturated carbocycles. The van der Waals surface area contributed by atoms with E-state index in [1.165, 1.54) is 16.3 Å². The Morgan fingerprint density at radius 1 is 1.03 bits per heavy atom. The van der Waals surface area contributed by atoms with Crippen LogP contribution in [0, 0.1) is 6.92 Å². The summed E-state index contributed by atoms with van der Waals surface area (Å²) in [4.78, 5) is 26.9. The molecule has 0 bridgehead atoms. The number of nitrogens with zero attached hydrogens (tertiary/aromatic N) is 5. The maximum absolute atomic E-state index is 13.3. The van der Waals surface area contributed by atoms with Crippen LogP contribution in [0.15, 0.2) is 81.3 Å². The number of rotatable bonds is 5. The van der Waals surface area contributed by atoms with Crippen LogP contribution in [0.4, 0.5) is 0 Å². The number of pyridine rings is 1. The third-order valence-electron chi connectivity index (χ3n) is 4.84. The van der Waals surface area contributed by atoms with Crippen molar-refractivity contribution in [3.63, 3.8) is 0 Å². The zero-order valence-electron chi connectivity index (χ0n) is 16.9. The molecule has 32 heavy (non-hydrogen) atoms. The summed E-state index contributed by atoms with van der Waals surface area (Å²) in [6.45, 7) is 1.91. The van der Waals surface area contributed by atoms with Crippen LogP contribution in [-0.4, -0.2) is 24.7 Å². The lowest BCUT2D eigenvalue weighted by atomic mass is 10.2. The zero-order valence-corrected chi connectivity index (χ0v) is 18.5. The van der Waals surface area contributed by atoms with Gasteiger partial charge in [0.25, 0.3) is 11.4 Å². The molecule has 0 fully saturated rings. The highest BCUT2D eigenvalue weighted by Crippen LogP contribution is 2.28. The van der Waals surface area contributed by atoms with E-state index in [2.05, 4.69) is 15.1 Å². The Morgan fingerprint density at radius 3 is 2.69 bits per heavy atom. The molecule has 2 aromatic carbocycles. The summed E-state index contributed by atoms with van der Waals surface area (Å²) in [5, 5.41) is 5.62. The van der Waals surface area contributed by atoms with Gasteiger partial charge < -0.3 is 4.52 Å². The fourth-order valence-corrected chi connectivity index (χ4v) is 4.35. The molecule has 3 aromatic heterocycles. The van der Waals surface area contributed by atoms with E-state index in [-0.39, 0.29) is 5.56 Å². The van der Waals surface area contributed by atoms with E-state index in [4.69, 9.17) is 21.1 Å². The number of fused-ring (bicyclic) bond motifs is 1. The SMILES string of the molecule is Cc1cccnc1-n1c(SCc2noc(-c3ccccc3Cl)n2)nc2ccccc2c1=O. The molecule has 0 saturated heterocycles. The number of para-hydroxylation sites is 1. The average molecular weight is 462 g/mol. The highest BCUT2D eigenvalue weighted by atomic mass is 35.5. The molecule has 0 radical (unpaired) electrons. The third-order valence-corrected chi connectivity index (χ3v) is 6.11. The Morgan fingerprint density at radius 2 is 1.84 bits per heavy atom. The molecule has 0 atom stereocenters. The fraction of sp³-hybridized carbons (Fsp3) is 0.0870. The standard InChI is InChI=1S/C23H16ClN5O2S/c1-14-7-6-12-25-20(14)29-22(30)16-9-3-5-11-18(16)26-23(29)32-13-19-27-21(31-28-19)15-8-2-4-10-17(15)24/h2-12H,13H2,1H3. The Bertz CT molecular complexity index is 1500. The van der Waals surface area contributed by atoms with Gasteiger partial charge in [-0.2, -0.15) is 4.98 Å². The van der Waals surface area contributed by atoms with Gasteiger partial charge >= 0.3 is 0 Å². The number of hydrogen-bond acceptors (Lipinski definition) is 7. The molecule has 0 spiro atoms. The number of hydrogen-bond donors (Lipinski definition) is 0. The highest BCUT2D eigenvalue weighted by molar-refractivity contribution is 7.98. The predicted molar refractivity (Wildman–Crippen MR) is 124 cm³/mol. The van der Waals surface area contributed by atoms with Crippen molar-refractivity contribution in [1.82, 2.24) is 24.7 Å². The van der Waals surface area contributed by atoms with Crippen LogP contribution in [0.3, 0.4) is 0 Å². The molecule has 0 aliphatic carbocycles. The molecule has 0 N–H and O–H groups in total. The van der Waals surface area contributed by atoms with E-state index < -0.39 is 0 Å². The monoisotopic (exact) mass is 461 g/mol. The van der Waals surface area contributed by atoms with Gasteiger partial charge in [-0.3, -0.25) is 4.79 Å². The van der Waals surface area contributed by atoms with Gasteiger partial charge in [0.05, 0.1) is 27.2 Å². The molecule has 5 aromatic rings. The van der Waals surface area contributed by atoms with Crippen molar-refractivity contribution < 1.29 is 4.52 Å². The van der Waals surface area contributed by atoms with E-state index in [1.54, 1.807) is 18.3 Å². The lowest BCUT2D eigenvalue weighted by Crippen LogP contribution is -2.23. The van der Waals surface area contributed by atoms with Gasteiger partial charge in [-0.1, -0.05) is 58.9 Å². The van der Waals surface area contributed by atoms with Crippen LogP contribution in [0.25, 0.3) is 28.2 Å². The first-order valence-electron chi connectivity index (χ1n) is 9.76. The van der Waals surface area contributed by atoms with Crippen LogP contribution in [0.2, 0.25) is 5.02 Å². The second-order valence-electron chi connectivity index (χ2n) is 6.98. The Balaban J connectivity index is 1.54. The molecule has 0 amide bonds. The lowest BCUT2D eigenvalue weighted by molar-refractivity contribution is 0.425. The van der Waals surface area contributed by atoms with Gasteiger partial charge in [-0.25, -0.2) is 14.5 Å². The number of aryl methyl sites for hydroxylation is 1. The van der Waals surface area contributed by atoms with Crippen LogP contribution in [-0.2, 0) is 5.75 Å². The topological polar surface area (TPSA) is 86.7 Å². The van der Waals surface area contributed by atoms with Crippen molar-refractivity contribution in [2.45, 2.75) is 17.8 Å². The lowest BCUT2D eigenvalue weighted by Gasteiger charge is -2.13. The first-order valence-corrected chi connectivity index (χ1v) is 11.1. The number of halogens is 1. The minimum atomic E-state index is -0.176. The summed E-state index contributed by atoms with van der Waals surface area (Å²) in [6.07, 6.45) is 1.66. The van der Waals surface area contributed by atoms with E-state index in [0.29, 0.717) is 49.9 Å². The molecule has 0 aliphatic heterocycles. The summed E-state index contributed by atoms with van der Waals surface area (Å²) in [6, 6.07) is 18.3. The van der Waals surface area contributed by atoms with E-state index in [0.717, 1.165) is 5.56 Å². The van der Waals surface area contributed by atoms with Crippen LogP contribution >= 0.6 is 23.4 Å². The van der Waals surface area contributed by atoms with Gasteiger partial charge in [0.1, 0.15) is 5.82 Å². The first kappa shape index (κ1) is 20.4. The normalized spacial score (nSPS) is 11.2. The molecular weight excluding hydrogens is 446 g/mol. The summed E-state index contributed by atoms with van der Waals surface area (Å²) < 4.78 is 6.93. The second-order valence-corrected chi connectivity index (χ2v) is 8.33. The maximum Gasteiger partial charge on any atom is 0.267 e. The molecule has 5 rings (SSSR count). The maximum atomic E-state index is 13.3. The minimum absolute atomic E-state index is 0.176. The van der Waals surface area contributed by atoms with E-state index in [9.17, 15) is 4.79 Å².